The van der Waals surface area contributed by atoms with Crippen molar-refractivity contribution in [3.63, 3.8) is 0 Å². The van der Waals surface area contributed by atoms with Gasteiger partial charge in [0.1, 0.15) is 0 Å². The second-order valence-corrected chi connectivity index (χ2v) is 11.0. The number of carbonyl (C=O) groups excluding carboxylic acids is 2. The van der Waals surface area contributed by atoms with E-state index in [1.807, 2.05) is 6.92 Å². The average molecular weight is 548 g/mol. The second-order valence-electron chi connectivity index (χ2n) is 8.45. The number of rotatable bonds is 8. The molecule has 3 rings (SSSR count). The van der Waals surface area contributed by atoms with E-state index in [9.17, 15) is 31.2 Å². The predicted octanol–water partition coefficient (Wildman–Crippen LogP) is 4.92. The fourth-order valence-electron chi connectivity index (χ4n) is 4.04. The SMILES string of the molecule is CCOC(=O)C(CC1CCO[C@H](C)C1)S(=O)(=O)c1cc(C(=O)Nc2cc(F)c(F)c(F)c2)ccc1Cl. The Kier molecular flexibility index (Phi) is 9.02. The fourth-order valence-corrected chi connectivity index (χ4v) is 6.26. The summed E-state index contributed by atoms with van der Waals surface area (Å²) in [5, 5.41) is 0.391. The minimum absolute atomic E-state index is 0.0181. The van der Waals surface area contributed by atoms with Crippen molar-refractivity contribution >= 4 is 39.0 Å². The molecular weight excluding hydrogens is 523 g/mol. The lowest BCUT2D eigenvalue weighted by Gasteiger charge is -2.29. The van der Waals surface area contributed by atoms with Crippen LogP contribution in [0.25, 0.3) is 0 Å². The van der Waals surface area contributed by atoms with Crippen LogP contribution in [0.2, 0.25) is 5.02 Å². The number of amides is 1. The smallest absolute Gasteiger partial charge is 0.324 e. The summed E-state index contributed by atoms with van der Waals surface area (Å²) in [6.45, 7) is 3.81. The van der Waals surface area contributed by atoms with Gasteiger partial charge in [-0.15, -0.1) is 0 Å². The number of carbonyl (C=O) groups is 2. The van der Waals surface area contributed by atoms with Crippen LogP contribution in [0.3, 0.4) is 0 Å². The normalized spacial score (nSPS) is 18.9. The molecule has 0 aromatic heterocycles. The molecule has 0 spiro atoms. The summed E-state index contributed by atoms with van der Waals surface area (Å²) in [4.78, 5) is 24.9. The minimum atomic E-state index is -4.41. The molecule has 36 heavy (non-hydrogen) atoms. The van der Waals surface area contributed by atoms with Crippen molar-refractivity contribution in [3.05, 3.63) is 58.4 Å². The number of hydrogen-bond donors (Lipinski definition) is 1. The fraction of sp³-hybridized carbons (Fsp3) is 0.417. The van der Waals surface area contributed by atoms with Crippen molar-refractivity contribution in [3.8, 4) is 0 Å². The van der Waals surface area contributed by atoms with Gasteiger partial charge in [0.25, 0.3) is 5.91 Å². The first-order valence-corrected chi connectivity index (χ1v) is 13.1. The van der Waals surface area contributed by atoms with Gasteiger partial charge in [0.15, 0.2) is 32.5 Å². The van der Waals surface area contributed by atoms with Crippen LogP contribution in [0.5, 0.6) is 0 Å². The van der Waals surface area contributed by atoms with Gasteiger partial charge in [-0.05, 0) is 57.2 Å². The molecule has 1 heterocycles. The molecule has 2 aromatic rings. The molecular formula is C24H25ClF3NO6S. The first-order valence-electron chi connectivity index (χ1n) is 11.2. The lowest BCUT2D eigenvalue weighted by Crippen LogP contribution is -2.36. The van der Waals surface area contributed by atoms with E-state index in [4.69, 9.17) is 21.1 Å². The number of nitrogens with one attached hydrogen (secondary N) is 1. The highest BCUT2D eigenvalue weighted by molar-refractivity contribution is 7.93. The van der Waals surface area contributed by atoms with Gasteiger partial charge in [0, 0.05) is 30.0 Å². The van der Waals surface area contributed by atoms with Crippen LogP contribution in [0.1, 0.15) is 43.5 Å². The molecule has 196 valence electrons. The zero-order chi connectivity index (χ0) is 26.6. The Morgan fingerprint density at radius 1 is 1.19 bits per heavy atom. The van der Waals surface area contributed by atoms with Crippen LogP contribution in [-0.4, -0.2) is 44.9 Å². The van der Waals surface area contributed by atoms with E-state index in [1.54, 1.807) is 6.92 Å². The van der Waals surface area contributed by atoms with Crippen LogP contribution in [-0.2, 0) is 24.1 Å². The van der Waals surface area contributed by atoms with Gasteiger partial charge in [0.05, 0.1) is 22.6 Å². The van der Waals surface area contributed by atoms with Crippen LogP contribution >= 0.6 is 11.6 Å². The van der Waals surface area contributed by atoms with Gasteiger partial charge in [0.2, 0.25) is 0 Å². The molecule has 12 heteroatoms. The highest BCUT2D eigenvalue weighted by Crippen LogP contribution is 2.33. The molecule has 0 bridgehead atoms. The lowest BCUT2D eigenvalue weighted by molar-refractivity contribution is -0.143. The molecule has 1 saturated heterocycles. The number of benzene rings is 2. The Labute approximate surface area is 211 Å². The number of sulfone groups is 1. The van der Waals surface area contributed by atoms with Gasteiger partial charge in [-0.2, -0.15) is 0 Å². The topological polar surface area (TPSA) is 98.8 Å². The monoisotopic (exact) mass is 547 g/mol. The Bertz CT molecular complexity index is 1230. The molecule has 2 unspecified atom stereocenters. The Morgan fingerprint density at radius 3 is 2.47 bits per heavy atom. The first kappa shape index (κ1) is 27.9. The van der Waals surface area contributed by atoms with E-state index < -0.39 is 49.3 Å². The molecule has 0 aliphatic carbocycles. The Balaban J connectivity index is 1.93. The third-order valence-electron chi connectivity index (χ3n) is 5.81. The highest BCUT2D eigenvalue weighted by Gasteiger charge is 2.39. The molecule has 1 aliphatic heterocycles. The largest absolute Gasteiger partial charge is 0.465 e. The second kappa shape index (κ2) is 11.6. The average Bonchev–Trinajstić information content (AvgIpc) is 2.81. The quantitative estimate of drug-likeness (QED) is 0.372. The number of hydrogen-bond acceptors (Lipinski definition) is 6. The van der Waals surface area contributed by atoms with Crippen molar-refractivity contribution in [1.29, 1.82) is 0 Å². The number of ether oxygens (including phenoxy) is 2. The highest BCUT2D eigenvalue weighted by atomic mass is 35.5. The molecule has 3 atom stereocenters. The van der Waals surface area contributed by atoms with Crippen LogP contribution in [0.15, 0.2) is 35.2 Å². The van der Waals surface area contributed by atoms with Gasteiger partial charge < -0.3 is 14.8 Å². The van der Waals surface area contributed by atoms with Gasteiger partial charge >= 0.3 is 5.97 Å². The summed E-state index contributed by atoms with van der Waals surface area (Å²) >= 11 is 6.17. The van der Waals surface area contributed by atoms with Crippen LogP contribution in [0, 0.1) is 23.4 Å². The van der Waals surface area contributed by atoms with E-state index in [0.29, 0.717) is 31.6 Å². The maximum atomic E-state index is 13.6. The summed E-state index contributed by atoms with van der Waals surface area (Å²) in [5.41, 5.74) is -0.598. The van der Waals surface area contributed by atoms with Gasteiger partial charge in [-0.3, -0.25) is 9.59 Å². The third-order valence-corrected chi connectivity index (χ3v) is 8.33. The summed E-state index contributed by atoms with van der Waals surface area (Å²) in [6, 6.07) is 4.49. The molecule has 0 saturated carbocycles. The molecule has 0 radical (unpaired) electrons. The van der Waals surface area contributed by atoms with E-state index >= 15 is 0 Å². The summed E-state index contributed by atoms with van der Waals surface area (Å²) < 4.78 is 77.9. The third kappa shape index (κ3) is 6.37. The molecule has 2 aromatic carbocycles. The van der Waals surface area contributed by atoms with Crippen molar-refractivity contribution in [1.82, 2.24) is 0 Å². The zero-order valence-electron chi connectivity index (χ0n) is 19.5. The lowest BCUT2D eigenvalue weighted by atomic mass is 9.91. The van der Waals surface area contributed by atoms with Gasteiger partial charge in [-0.1, -0.05) is 11.6 Å². The van der Waals surface area contributed by atoms with Crippen LogP contribution < -0.4 is 5.32 Å². The number of anilines is 1. The summed E-state index contributed by atoms with van der Waals surface area (Å²) in [7, 11) is -4.41. The first-order chi connectivity index (χ1) is 16.9. The number of esters is 1. The Hall–Kier alpha value is -2.63. The Morgan fingerprint density at radius 2 is 1.86 bits per heavy atom. The number of halogens is 4. The standard InChI is InChI=1S/C24H25ClF3NO6S/c1-3-34-24(31)21(9-14-6-7-35-13(2)8-14)36(32,33)20-10-15(4-5-17(20)25)23(30)29-16-11-18(26)22(28)19(27)12-16/h4-5,10-14,21H,3,6-9H2,1-2H3,(H,29,30)/t13-,14?,21?/m1/s1. The molecule has 1 aliphatic rings. The molecule has 7 nitrogen and oxygen atoms in total. The van der Waals surface area contributed by atoms with E-state index in [0.717, 1.165) is 12.1 Å². The summed E-state index contributed by atoms with van der Waals surface area (Å²) in [6.07, 6.45) is 1.02. The zero-order valence-corrected chi connectivity index (χ0v) is 21.1. The molecule has 1 fully saturated rings. The molecule has 1 amide bonds. The van der Waals surface area contributed by atoms with Crippen molar-refractivity contribution in [2.24, 2.45) is 5.92 Å². The van der Waals surface area contributed by atoms with Crippen molar-refractivity contribution < 1.29 is 40.7 Å². The van der Waals surface area contributed by atoms with Crippen molar-refractivity contribution in [2.75, 3.05) is 18.5 Å². The van der Waals surface area contributed by atoms with Crippen molar-refractivity contribution in [2.45, 2.75) is 49.4 Å². The van der Waals surface area contributed by atoms with E-state index in [2.05, 4.69) is 5.32 Å². The van der Waals surface area contributed by atoms with Gasteiger partial charge in [-0.25, -0.2) is 21.6 Å². The molecule has 1 N–H and O–H groups in total. The van der Waals surface area contributed by atoms with E-state index in [-0.39, 0.29) is 41.3 Å². The maximum Gasteiger partial charge on any atom is 0.324 e. The summed E-state index contributed by atoms with van der Waals surface area (Å²) in [5.74, 6) is -6.70. The maximum absolute atomic E-state index is 13.6. The van der Waals surface area contributed by atoms with Crippen LogP contribution in [0.4, 0.5) is 18.9 Å². The van der Waals surface area contributed by atoms with E-state index in [1.165, 1.54) is 6.07 Å². The predicted molar refractivity (Wildman–Crippen MR) is 126 cm³/mol. The minimum Gasteiger partial charge on any atom is -0.465 e.